The van der Waals surface area contributed by atoms with Crippen LogP contribution in [0.4, 0.5) is 4.39 Å². The summed E-state index contributed by atoms with van der Waals surface area (Å²) in [5, 5.41) is 11.4. The first kappa shape index (κ1) is 22.7. The predicted molar refractivity (Wildman–Crippen MR) is 131 cm³/mol. The van der Waals surface area contributed by atoms with Crippen LogP contribution < -0.4 is 15.9 Å². The van der Waals surface area contributed by atoms with Gasteiger partial charge in [-0.25, -0.2) is 14.2 Å². The third-order valence-electron chi connectivity index (χ3n) is 5.55. The van der Waals surface area contributed by atoms with Crippen LogP contribution in [-0.2, 0) is 6.54 Å². The van der Waals surface area contributed by atoms with E-state index in [0.717, 1.165) is 11.8 Å². The first-order valence-electron chi connectivity index (χ1n) is 10.6. The smallest absolute Gasteiger partial charge is 0.354 e. The molecule has 0 aliphatic heterocycles. The second kappa shape index (κ2) is 8.92. The molecule has 0 fully saturated rings. The second-order valence-electron chi connectivity index (χ2n) is 7.89. The Labute approximate surface area is 202 Å². The average molecular weight is 491 g/mol. The van der Waals surface area contributed by atoms with E-state index in [2.05, 4.69) is 4.98 Å². The molecule has 0 saturated heterocycles. The van der Waals surface area contributed by atoms with Crippen molar-refractivity contribution in [3.63, 3.8) is 0 Å². The van der Waals surface area contributed by atoms with Crippen LogP contribution in [0.25, 0.3) is 22.0 Å². The van der Waals surface area contributed by atoms with Gasteiger partial charge in [0, 0.05) is 10.6 Å². The molecule has 0 saturated carbocycles. The maximum absolute atomic E-state index is 13.7. The number of nitrogens with zero attached hydrogens (tertiary/aromatic N) is 2. The minimum absolute atomic E-state index is 0.0367. The van der Waals surface area contributed by atoms with Gasteiger partial charge in [0.15, 0.2) is 11.3 Å². The third-order valence-corrected chi connectivity index (χ3v) is 6.60. The van der Waals surface area contributed by atoms with E-state index < -0.39 is 22.8 Å². The molecule has 176 valence electrons. The van der Waals surface area contributed by atoms with Crippen molar-refractivity contribution in [3.8, 4) is 11.5 Å². The number of benzene rings is 2. The lowest BCUT2D eigenvalue weighted by Crippen LogP contribution is -2.23. The number of hydrogen-bond acceptors (Lipinski definition) is 7. The fourth-order valence-corrected chi connectivity index (χ4v) is 4.73. The maximum atomic E-state index is 13.7. The molecule has 0 aliphatic carbocycles. The molecule has 5 rings (SSSR count). The van der Waals surface area contributed by atoms with Crippen LogP contribution in [0, 0.1) is 12.7 Å². The maximum Gasteiger partial charge on any atom is 0.354 e. The lowest BCUT2D eigenvalue weighted by Gasteiger charge is -2.14. The van der Waals surface area contributed by atoms with Crippen molar-refractivity contribution in [2.75, 3.05) is 7.11 Å². The highest BCUT2D eigenvalue weighted by Crippen LogP contribution is 2.37. The van der Waals surface area contributed by atoms with Crippen molar-refractivity contribution in [2.45, 2.75) is 23.3 Å². The van der Waals surface area contributed by atoms with E-state index in [9.17, 15) is 19.1 Å². The standard InChI is InChI=1S/C26H19FN2O5S/c1-14-6-11-19-22-20(25(31)29(24(19)28-14)13-15-7-9-16(27)10-8-15)21(30)23(26(32)34-22)35-18-5-3-4-17(12-18)33-2/h3-12,30H,13H2,1-2H3. The van der Waals surface area contributed by atoms with E-state index >= 15 is 0 Å². The number of aromatic nitrogens is 2. The Morgan fingerprint density at radius 1 is 1.11 bits per heavy atom. The topological polar surface area (TPSA) is 94.6 Å². The van der Waals surface area contributed by atoms with E-state index in [4.69, 9.17) is 9.15 Å². The molecule has 5 aromatic rings. The molecular weight excluding hydrogens is 471 g/mol. The van der Waals surface area contributed by atoms with Crippen LogP contribution in [0.15, 0.2) is 84.5 Å². The third kappa shape index (κ3) is 4.15. The fraction of sp³-hybridized carbons (Fsp3) is 0.115. The number of fused-ring (bicyclic) bond motifs is 3. The number of ether oxygens (including phenoxy) is 1. The minimum atomic E-state index is -0.777. The summed E-state index contributed by atoms with van der Waals surface area (Å²) in [6.07, 6.45) is 0. The summed E-state index contributed by atoms with van der Waals surface area (Å²) in [5.41, 5.74) is 0.221. The largest absolute Gasteiger partial charge is 0.505 e. The van der Waals surface area contributed by atoms with Gasteiger partial charge >= 0.3 is 5.63 Å². The van der Waals surface area contributed by atoms with E-state index in [-0.39, 0.29) is 22.4 Å². The van der Waals surface area contributed by atoms with Gasteiger partial charge in [-0.3, -0.25) is 9.36 Å². The van der Waals surface area contributed by atoms with Crippen molar-refractivity contribution in [3.05, 3.63) is 98.5 Å². The monoisotopic (exact) mass is 490 g/mol. The van der Waals surface area contributed by atoms with Gasteiger partial charge in [-0.1, -0.05) is 30.0 Å². The molecule has 0 aliphatic rings. The van der Waals surface area contributed by atoms with Crippen molar-refractivity contribution in [1.82, 2.24) is 9.55 Å². The van der Waals surface area contributed by atoms with Crippen LogP contribution in [0.5, 0.6) is 11.5 Å². The molecule has 0 radical (unpaired) electrons. The number of hydrogen-bond donors (Lipinski definition) is 1. The van der Waals surface area contributed by atoms with Gasteiger partial charge in [-0.2, -0.15) is 0 Å². The highest BCUT2D eigenvalue weighted by molar-refractivity contribution is 7.99. The van der Waals surface area contributed by atoms with Gasteiger partial charge in [0.2, 0.25) is 0 Å². The lowest BCUT2D eigenvalue weighted by atomic mass is 10.1. The zero-order valence-corrected chi connectivity index (χ0v) is 19.6. The van der Waals surface area contributed by atoms with Crippen LogP contribution in [-0.4, -0.2) is 21.8 Å². The Hall–Kier alpha value is -4.11. The summed E-state index contributed by atoms with van der Waals surface area (Å²) in [6.45, 7) is 1.86. The summed E-state index contributed by atoms with van der Waals surface area (Å²) in [5.74, 6) is -0.282. The molecule has 3 aromatic heterocycles. The zero-order valence-electron chi connectivity index (χ0n) is 18.7. The quantitative estimate of drug-likeness (QED) is 0.352. The number of aryl methyl sites for hydroxylation is 1. The molecule has 9 heteroatoms. The highest BCUT2D eigenvalue weighted by atomic mass is 32.2. The van der Waals surface area contributed by atoms with Crippen molar-refractivity contribution >= 4 is 33.8 Å². The van der Waals surface area contributed by atoms with Gasteiger partial charge in [0.05, 0.1) is 19.0 Å². The Morgan fingerprint density at radius 2 is 1.89 bits per heavy atom. The van der Waals surface area contributed by atoms with Crippen LogP contribution in [0.1, 0.15) is 11.3 Å². The molecule has 1 N–H and O–H groups in total. The Balaban J connectivity index is 1.77. The second-order valence-corrected chi connectivity index (χ2v) is 8.98. The fourth-order valence-electron chi connectivity index (χ4n) is 3.84. The average Bonchev–Trinajstić information content (AvgIpc) is 2.85. The Bertz CT molecular complexity index is 1710. The normalized spacial score (nSPS) is 11.3. The molecule has 0 spiro atoms. The first-order valence-corrected chi connectivity index (χ1v) is 11.4. The van der Waals surface area contributed by atoms with E-state index in [1.807, 2.05) is 0 Å². The van der Waals surface area contributed by atoms with Gasteiger partial charge in [-0.15, -0.1) is 0 Å². The number of halogens is 1. The molecule has 0 atom stereocenters. The number of rotatable bonds is 5. The minimum Gasteiger partial charge on any atom is -0.505 e. The van der Waals surface area contributed by atoms with E-state index in [1.54, 1.807) is 55.5 Å². The van der Waals surface area contributed by atoms with Crippen LogP contribution >= 0.6 is 11.8 Å². The van der Waals surface area contributed by atoms with Crippen LogP contribution in [0.3, 0.4) is 0 Å². The van der Waals surface area contributed by atoms with Gasteiger partial charge < -0.3 is 14.3 Å². The van der Waals surface area contributed by atoms with Gasteiger partial charge in [0.1, 0.15) is 27.5 Å². The van der Waals surface area contributed by atoms with Crippen molar-refractivity contribution in [2.24, 2.45) is 0 Å². The van der Waals surface area contributed by atoms with Crippen molar-refractivity contribution in [1.29, 1.82) is 0 Å². The van der Waals surface area contributed by atoms with Gasteiger partial charge in [-0.05, 0) is 55.0 Å². The van der Waals surface area contributed by atoms with Crippen LogP contribution in [0.2, 0.25) is 0 Å². The molecular formula is C26H19FN2O5S. The first-order chi connectivity index (χ1) is 16.9. The molecule has 7 nitrogen and oxygen atoms in total. The van der Waals surface area contributed by atoms with Gasteiger partial charge in [0.25, 0.3) is 5.56 Å². The molecule has 2 aromatic carbocycles. The zero-order chi connectivity index (χ0) is 24.7. The lowest BCUT2D eigenvalue weighted by molar-refractivity contribution is 0.413. The molecule has 0 unspecified atom stereocenters. The number of pyridine rings is 2. The summed E-state index contributed by atoms with van der Waals surface area (Å²) in [7, 11) is 1.52. The summed E-state index contributed by atoms with van der Waals surface area (Å²) in [4.78, 5) is 31.6. The summed E-state index contributed by atoms with van der Waals surface area (Å²) in [6, 6.07) is 16.1. The predicted octanol–water partition coefficient (Wildman–Crippen LogP) is 4.86. The Morgan fingerprint density at radius 3 is 2.63 bits per heavy atom. The SMILES string of the molecule is COc1cccc(Sc2c(O)c3c(=O)n(Cc4ccc(F)cc4)c4nc(C)ccc4c3oc2=O)c1. The Kier molecular flexibility index (Phi) is 5.78. The summed E-state index contributed by atoms with van der Waals surface area (Å²) < 4.78 is 25.6. The molecule has 0 bridgehead atoms. The highest BCUT2D eigenvalue weighted by Gasteiger charge is 2.23. The van der Waals surface area contributed by atoms with Crippen molar-refractivity contribution < 1.29 is 18.7 Å². The van der Waals surface area contributed by atoms with E-state index in [1.165, 1.54) is 23.8 Å². The molecule has 3 heterocycles. The molecule has 35 heavy (non-hydrogen) atoms. The molecule has 0 amide bonds. The number of aromatic hydroxyl groups is 1. The summed E-state index contributed by atoms with van der Waals surface area (Å²) >= 11 is 0.972. The number of methoxy groups -OCH3 is 1. The van der Waals surface area contributed by atoms with E-state index in [0.29, 0.717) is 32.9 Å².